The summed E-state index contributed by atoms with van der Waals surface area (Å²) in [6.07, 6.45) is 2.30. The topological polar surface area (TPSA) is 26.3 Å². The Kier molecular flexibility index (Phi) is 4.05. The molecule has 0 N–H and O–H groups in total. The molecule has 98 valence electrons. The molecule has 3 atom stereocenters. The predicted octanol–water partition coefficient (Wildman–Crippen LogP) is 3.55. The quantitative estimate of drug-likeness (QED) is 0.743. The third-order valence-corrected chi connectivity index (χ3v) is 3.84. The van der Waals surface area contributed by atoms with Crippen molar-refractivity contribution >= 4 is 5.97 Å². The van der Waals surface area contributed by atoms with Crippen LogP contribution in [0.5, 0.6) is 0 Å². The second-order valence-corrected chi connectivity index (χ2v) is 5.15. The molecule has 2 nitrogen and oxygen atoms in total. The molecule has 1 saturated carbocycles. The van der Waals surface area contributed by atoms with Gasteiger partial charge in [-0.15, -0.1) is 0 Å². The van der Waals surface area contributed by atoms with Crippen molar-refractivity contribution in [1.82, 2.24) is 0 Å². The zero-order valence-corrected chi connectivity index (χ0v) is 11.5. The normalized spacial score (nSPS) is 25.8. The van der Waals surface area contributed by atoms with Crippen LogP contribution >= 0.6 is 0 Å². The summed E-state index contributed by atoms with van der Waals surface area (Å²) in [5.74, 6) is 0.815. The summed E-state index contributed by atoms with van der Waals surface area (Å²) >= 11 is 0. The van der Waals surface area contributed by atoms with E-state index in [9.17, 15) is 4.79 Å². The molecule has 2 heteroatoms. The summed E-state index contributed by atoms with van der Waals surface area (Å²) in [6, 6.07) is 8.72. The molecule has 0 radical (unpaired) electrons. The third-order valence-electron chi connectivity index (χ3n) is 3.84. The molecule has 1 aromatic rings. The molecule has 0 aromatic heterocycles. The molecule has 3 unspecified atom stereocenters. The Balaban J connectivity index is 2.02. The van der Waals surface area contributed by atoms with Crippen LogP contribution in [-0.4, -0.2) is 12.6 Å². The van der Waals surface area contributed by atoms with E-state index in [1.54, 1.807) is 0 Å². The molecule has 1 fully saturated rings. The largest absolute Gasteiger partial charge is 0.466 e. The highest BCUT2D eigenvalue weighted by Crippen LogP contribution is 2.54. The van der Waals surface area contributed by atoms with E-state index in [2.05, 4.69) is 38.1 Å². The van der Waals surface area contributed by atoms with Gasteiger partial charge in [0.15, 0.2) is 0 Å². The Morgan fingerprint density at radius 1 is 1.22 bits per heavy atom. The minimum Gasteiger partial charge on any atom is -0.466 e. The number of aryl methyl sites for hydroxylation is 1. The van der Waals surface area contributed by atoms with Crippen molar-refractivity contribution in [2.75, 3.05) is 6.61 Å². The smallest absolute Gasteiger partial charge is 0.309 e. The highest BCUT2D eigenvalue weighted by molar-refractivity contribution is 5.78. The average Bonchev–Trinajstić information content (AvgIpc) is 3.03. The first kappa shape index (κ1) is 13.1. The second kappa shape index (κ2) is 5.55. The molecule has 1 aliphatic carbocycles. The summed E-state index contributed by atoms with van der Waals surface area (Å²) in [7, 11) is 0. The minimum absolute atomic E-state index is 0.0346. The number of esters is 1. The molecular formula is C16H22O2. The molecule has 1 aromatic carbocycles. The number of carbonyl (C=O) groups is 1. The maximum absolute atomic E-state index is 11.7. The number of hydrogen-bond acceptors (Lipinski definition) is 2. The molecular weight excluding hydrogens is 224 g/mol. The van der Waals surface area contributed by atoms with Gasteiger partial charge in [-0.1, -0.05) is 44.5 Å². The van der Waals surface area contributed by atoms with Crippen molar-refractivity contribution in [3.05, 3.63) is 35.4 Å². The van der Waals surface area contributed by atoms with Crippen LogP contribution < -0.4 is 0 Å². The first-order chi connectivity index (χ1) is 8.69. The lowest BCUT2D eigenvalue weighted by molar-refractivity contribution is -0.145. The first-order valence-electron chi connectivity index (χ1n) is 6.94. The lowest BCUT2D eigenvalue weighted by atomic mass is 10.0. The van der Waals surface area contributed by atoms with Crippen LogP contribution in [0.15, 0.2) is 24.3 Å². The highest BCUT2D eigenvalue weighted by atomic mass is 16.5. The van der Waals surface area contributed by atoms with Gasteiger partial charge in [0.25, 0.3) is 0 Å². The number of rotatable bonds is 5. The number of benzene rings is 1. The van der Waals surface area contributed by atoms with Gasteiger partial charge in [-0.05, 0) is 30.4 Å². The highest BCUT2D eigenvalue weighted by Gasteiger charge is 2.53. The Morgan fingerprint density at radius 2 is 1.89 bits per heavy atom. The van der Waals surface area contributed by atoms with Crippen molar-refractivity contribution in [2.45, 2.75) is 39.5 Å². The first-order valence-corrected chi connectivity index (χ1v) is 6.94. The van der Waals surface area contributed by atoms with E-state index in [1.165, 1.54) is 17.5 Å². The van der Waals surface area contributed by atoms with E-state index in [0.717, 1.165) is 6.42 Å². The van der Waals surface area contributed by atoms with Crippen molar-refractivity contribution in [1.29, 1.82) is 0 Å². The number of hydrogen-bond donors (Lipinski definition) is 0. The SMILES string of the molecule is CCCc1ccc(C2C(C)C2C(=O)OCC)cc1. The van der Waals surface area contributed by atoms with Gasteiger partial charge in [0.05, 0.1) is 12.5 Å². The van der Waals surface area contributed by atoms with E-state index in [-0.39, 0.29) is 11.9 Å². The van der Waals surface area contributed by atoms with E-state index in [1.807, 2.05) is 6.92 Å². The minimum atomic E-state index is -0.0346. The summed E-state index contributed by atoms with van der Waals surface area (Å²) in [5.41, 5.74) is 2.66. The maximum Gasteiger partial charge on any atom is 0.309 e. The summed E-state index contributed by atoms with van der Waals surface area (Å²) in [6.45, 7) is 6.66. The number of carbonyl (C=O) groups excluding carboxylic acids is 1. The Labute approximate surface area is 109 Å². The fourth-order valence-corrected chi connectivity index (χ4v) is 2.77. The van der Waals surface area contributed by atoms with Gasteiger partial charge < -0.3 is 4.74 Å². The van der Waals surface area contributed by atoms with Gasteiger partial charge in [0.1, 0.15) is 0 Å². The van der Waals surface area contributed by atoms with E-state index in [4.69, 9.17) is 4.74 Å². The van der Waals surface area contributed by atoms with E-state index < -0.39 is 0 Å². The second-order valence-electron chi connectivity index (χ2n) is 5.15. The standard InChI is InChI=1S/C16H22O2/c1-4-6-12-7-9-13(10-8-12)14-11(3)15(14)16(17)18-5-2/h7-11,14-15H,4-6H2,1-3H3. The van der Waals surface area contributed by atoms with Crippen LogP contribution in [0.25, 0.3) is 0 Å². The monoisotopic (exact) mass is 246 g/mol. The van der Waals surface area contributed by atoms with Crippen LogP contribution in [0.4, 0.5) is 0 Å². The Hall–Kier alpha value is -1.31. The molecule has 0 aliphatic heterocycles. The van der Waals surface area contributed by atoms with Gasteiger partial charge in [0, 0.05) is 5.92 Å². The van der Waals surface area contributed by atoms with Gasteiger partial charge in [-0.25, -0.2) is 0 Å². The fraction of sp³-hybridized carbons (Fsp3) is 0.562. The van der Waals surface area contributed by atoms with Crippen molar-refractivity contribution in [2.24, 2.45) is 11.8 Å². The van der Waals surface area contributed by atoms with E-state index >= 15 is 0 Å². The molecule has 18 heavy (non-hydrogen) atoms. The fourth-order valence-electron chi connectivity index (χ4n) is 2.77. The van der Waals surface area contributed by atoms with Crippen LogP contribution in [0.2, 0.25) is 0 Å². The zero-order chi connectivity index (χ0) is 13.1. The molecule has 1 aliphatic rings. The summed E-state index contributed by atoms with van der Waals surface area (Å²) in [4.78, 5) is 11.7. The van der Waals surface area contributed by atoms with Crippen LogP contribution in [0.3, 0.4) is 0 Å². The van der Waals surface area contributed by atoms with Gasteiger partial charge in [-0.3, -0.25) is 4.79 Å². The third kappa shape index (κ3) is 2.58. The van der Waals surface area contributed by atoms with Crippen LogP contribution in [0, 0.1) is 11.8 Å². The summed E-state index contributed by atoms with van der Waals surface area (Å²) < 4.78 is 5.11. The average molecular weight is 246 g/mol. The molecule has 0 heterocycles. The summed E-state index contributed by atoms with van der Waals surface area (Å²) in [5, 5.41) is 0. The zero-order valence-electron chi connectivity index (χ0n) is 11.5. The number of ether oxygens (including phenoxy) is 1. The van der Waals surface area contributed by atoms with Gasteiger partial charge in [-0.2, -0.15) is 0 Å². The Morgan fingerprint density at radius 3 is 2.44 bits per heavy atom. The van der Waals surface area contributed by atoms with Gasteiger partial charge >= 0.3 is 5.97 Å². The molecule has 0 amide bonds. The predicted molar refractivity (Wildman–Crippen MR) is 72.5 cm³/mol. The maximum atomic E-state index is 11.7. The molecule has 0 bridgehead atoms. The van der Waals surface area contributed by atoms with Crippen molar-refractivity contribution in [3.8, 4) is 0 Å². The van der Waals surface area contributed by atoms with E-state index in [0.29, 0.717) is 18.4 Å². The van der Waals surface area contributed by atoms with Crippen molar-refractivity contribution < 1.29 is 9.53 Å². The van der Waals surface area contributed by atoms with Crippen LogP contribution in [-0.2, 0) is 16.0 Å². The van der Waals surface area contributed by atoms with Crippen molar-refractivity contribution in [3.63, 3.8) is 0 Å². The van der Waals surface area contributed by atoms with Gasteiger partial charge in [0.2, 0.25) is 0 Å². The lowest BCUT2D eigenvalue weighted by Crippen LogP contribution is -2.08. The van der Waals surface area contributed by atoms with Crippen LogP contribution in [0.1, 0.15) is 44.2 Å². The molecule has 0 spiro atoms. The Bertz CT molecular complexity index is 408. The lowest BCUT2D eigenvalue weighted by Gasteiger charge is -2.03. The molecule has 2 rings (SSSR count). The molecule has 0 saturated heterocycles.